The molecular weight excluding hydrogens is 872 g/mol. The first-order valence-electron chi connectivity index (χ1n) is 20.9. The van der Waals surface area contributed by atoms with Crippen molar-refractivity contribution in [1.29, 1.82) is 0 Å². The highest BCUT2D eigenvalue weighted by Gasteiger charge is 2.92. The molecule has 21 nitrogen and oxygen atoms in total. The lowest BCUT2D eigenvalue weighted by atomic mass is 9.45. The molecule has 2 aliphatic heterocycles. The van der Waals surface area contributed by atoms with Gasteiger partial charge >= 0.3 is 47.8 Å². The van der Waals surface area contributed by atoms with Crippen molar-refractivity contribution in [2.24, 2.45) is 17.3 Å². The van der Waals surface area contributed by atoms with E-state index < -0.39 is 143 Å². The number of pyridine rings is 2. The molecule has 4 bridgehead atoms. The van der Waals surface area contributed by atoms with E-state index in [4.69, 9.17) is 47.0 Å². The number of rotatable bonds is 9. The third kappa shape index (κ3) is 7.72. The maximum atomic E-state index is 14.6. The number of carbonyl (C=O) groups excluding carboxylic acids is 8. The Bertz CT molecular complexity index is 2420. The zero-order valence-electron chi connectivity index (χ0n) is 37.1. The molecule has 13 atom stereocenters. The Labute approximate surface area is 376 Å². The first-order chi connectivity index (χ1) is 31.1. The second kappa shape index (κ2) is 17.6. The van der Waals surface area contributed by atoms with E-state index in [1.54, 1.807) is 6.92 Å². The van der Waals surface area contributed by atoms with Crippen LogP contribution in [0.4, 0.5) is 0 Å². The van der Waals surface area contributed by atoms with Gasteiger partial charge in [0.05, 0.1) is 34.9 Å². The van der Waals surface area contributed by atoms with Crippen LogP contribution in [0, 0.1) is 17.3 Å². The zero-order valence-corrected chi connectivity index (χ0v) is 37.1. The van der Waals surface area contributed by atoms with Crippen molar-refractivity contribution in [2.45, 2.75) is 115 Å². The van der Waals surface area contributed by atoms with Crippen LogP contribution < -0.4 is 0 Å². The van der Waals surface area contributed by atoms with E-state index in [1.807, 2.05) is 0 Å². The highest BCUT2D eigenvalue weighted by atomic mass is 16.7. The van der Waals surface area contributed by atoms with E-state index >= 15 is 0 Å². The number of ether oxygens (including phenoxy) is 9. The number of nitrogens with zero attached hydrogens (tertiary/aromatic N) is 2. The maximum Gasteiger partial charge on any atom is 0.374 e. The van der Waals surface area contributed by atoms with E-state index in [0.717, 1.165) is 47.1 Å². The summed E-state index contributed by atoms with van der Waals surface area (Å²) >= 11 is 0. The van der Waals surface area contributed by atoms with E-state index in [1.165, 1.54) is 62.6 Å². The zero-order chi connectivity index (χ0) is 48.1. The van der Waals surface area contributed by atoms with Crippen molar-refractivity contribution in [3.63, 3.8) is 0 Å². The average Bonchev–Trinajstić information content (AvgIpc) is 3.88. The Morgan fingerprint density at radius 1 is 0.773 bits per heavy atom. The molecule has 352 valence electrons. The lowest BCUT2D eigenvalue weighted by Crippen LogP contribution is -2.89. The van der Waals surface area contributed by atoms with Crippen molar-refractivity contribution in [3.05, 3.63) is 83.8 Å². The molecule has 3 aromatic heterocycles. The van der Waals surface area contributed by atoms with Gasteiger partial charge in [-0.3, -0.25) is 33.9 Å². The second-order valence-electron chi connectivity index (χ2n) is 17.1. The predicted molar refractivity (Wildman–Crippen MR) is 215 cm³/mol. The van der Waals surface area contributed by atoms with Gasteiger partial charge in [-0.05, 0) is 50.2 Å². The maximum absolute atomic E-state index is 14.6. The molecule has 1 spiro atoms. The van der Waals surface area contributed by atoms with E-state index in [2.05, 4.69) is 9.97 Å². The SMILES string of the molecule is CC(=O)OC[C@]12[C@H](OC(C)=O)[C@H](OC(C)=O)[C@H]3OC(=O)C(C)C(C)c4ncccc4C(=O)OC[C@@]4(C)O[C@]1([C@@H](OC(=O)c1ccco1)[C@@H]4[C@H](OC(=O)c1cccnc1)[C@@H]2OC(C)=O)[C@]3(C)O. The van der Waals surface area contributed by atoms with Gasteiger partial charge in [0.1, 0.15) is 42.0 Å². The van der Waals surface area contributed by atoms with Gasteiger partial charge in [0, 0.05) is 52.2 Å². The quantitative estimate of drug-likeness (QED) is 0.238. The van der Waals surface area contributed by atoms with Gasteiger partial charge < -0.3 is 52.2 Å². The van der Waals surface area contributed by atoms with Crippen LogP contribution in [0.1, 0.15) is 98.3 Å². The average molecular weight is 921 g/mol. The molecule has 0 amide bonds. The molecule has 21 heteroatoms. The summed E-state index contributed by atoms with van der Waals surface area (Å²) in [6.45, 7) is 7.37. The van der Waals surface area contributed by atoms with E-state index in [-0.39, 0.29) is 16.8 Å². The van der Waals surface area contributed by atoms with Crippen LogP contribution in [0.3, 0.4) is 0 Å². The Morgan fingerprint density at radius 3 is 2.05 bits per heavy atom. The van der Waals surface area contributed by atoms with Crippen molar-refractivity contribution >= 4 is 47.8 Å². The summed E-state index contributed by atoms with van der Waals surface area (Å²) in [4.78, 5) is 120. The fraction of sp³-hybridized carbons (Fsp3) is 0.511. The molecule has 7 rings (SSSR count). The summed E-state index contributed by atoms with van der Waals surface area (Å²) in [5.41, 5.74) is -10.9. The van der Waals surface area contributed by atoms with Crippen LogP contribution in [-0.2, 0) is 66.6 Å². The number of furan rings is 1. The van der Waals surface area contributed by atoms with Crippen molar-refractivity contribution < 1.29 is 90.5 Å². The molecule has 3 fully saturated rings. The monoisotopic (exact) mass is 920 g/mol. The summed E-state index contributed by atoms with van der Waals surface area (Å²) in [6.07, 6.45) is -7.63. The van der Waals surface area contributed by atoms with Crippen LogP contribution in [0.5, 0.6) is 0 Å². The Kier molecular flexibility index (Phi) is 12.6. The lowest BCUT2D eigenvalue weighted by molar-refractivity contribution is -0.385. The number of esters is 8. The van der Waals surface area contributed by atoms with Crippen LogP contribution in [0.25, 0.3) is 0 Å². The predicted octanol–water partition coefficient (Wildman–Crippen LogP) is 2.61. The van der Waals surface area contributed by atoms with Gasteiger partial charge in [-0.1, -0.05) is 13.8 Å². The topological polar surface area (TPSA) is 279 Å². The summed E-state index contributed by atoms with van der Waals surface area (Å²) in [5, 5.41) is 13.8. The Morgan fingerprint density at radius 2 is 1.44 bits per heavy atom. The molecule has 2 unspecified atom stereocenters. The molecule has 4 aliphatic rings. The standard InChI is InChI=1S/C45H48N2O19/c1-21-22(2)38(52)65-35-33(60-24(4)49)37(62-26(6)51)44(20-58-23(3)48)36(61-25(5)50)32(63-39(53)27-12-9-15-46-18-27)30-34(64-41(55)29-14-11-17-57-29)45(44,43(35,8)56)66-42(30,7)19-59-40(54)28-13-10-16-47-31(21)28/h9-18,21-22,30,32-37,56H,19-20H2,1-8H3/t21?,22?,30-,32-,33+,34-,35+,36-,37+,42+,43+,44-,45+/m0/s1. The third-order valence-corrected chi connectivity index (χ3v) is 12.9. The Balaban J connectivity index is 1.65. The van der Waals surface area contributed by atoms with Crippen LogP contribution in [-0.4, -0.2) is 129 Å². The minimum Gasteiger partial charge on any atom is -0.465 e. The summed E-state index contributed by atoms with van der Waals surface area (Å²) in [7, 11) is 0. The molecular formula is C45H48N2O19. The summed E-state index contributed by atoms with van der Waals surface area (Å²) < 4.78 is 61.4. The summed E-state index contributed by atoms with van der Waals surface area (Å²) in [6, 6.07) is 8.25. The van der Waals surface area contributed by atoms with E-state index in [9.17, 15) is 43.5 Å². The minimum absolute atomic E-state index is 0.0771. The molecule has 1 N–H and O–H groups in total. The third-order valence-electron chi connectivity index (χ3n) is 12.9. The van der Waals surface area contributed by atoms with Gasteiger partial charge in [0.2, 0.25) is 5.76 Å². The first kappa shape index (κ1) is 47.2. The van der Waals surface area contributed by atoms with E-state index in [0.29, 0.717) is 0 Å². The highest BCUT2D eigenvalue weighted by Crippen LogP contribution is 2.70. The largest absolute Gasteiger partial charge is 0.465 e. The number of carbonyl (C=O) groups is 8. The lowest BCUT2D eigenvalue weighted by Gasteiger charge is -2.67. The van der Waals surface area contributed by atoms with Crippen molar-refractivity contribution in [3.8, 4) is 0 Å². The minimum atomic E-state index is -2.94. The van der Waals surface area contributed by atoms with Crippen LogP contribution >= 0.6 is 0 Å². The number of cyclic esters (lactones) is 1. The normalized spacial score (nSPS) is 34.5. The second-order valence-corrected chi connectivity index (χ2v) is 17.1. The number of aliphatic hydroxyl groups is 1. The number of aromatic nitrogens is 2. The molecule has 5 heterocycles. The van der Waals surface area contributed by atoms with Gasteiger partial charge in [0.25, 0.3) is 0 Å². The molecule has 0 radical (unpaired) electrons. The molecule has 66 heavy (non-hydrogen) atoms. The molecule has 3 aromatic rings. The smallest absolute Gasteiger partial charge is 0.374 e. The van der Waals surface area contributed by atoms with Crippen molar-refractivity contribution in [2.75, 3.05) is 13.2 Å². The van der Waals surface area contributed by atoms with Crippen LogP contribution in [0.15, 0.2) is 65.7 Å². The molecule has 2 aliphatic carbocycles. The Hall–Kier alpha value is -6.74. The van der Waals surface area contributed by atoms with Gasteiger partial charge in [0.15, 0.2) is 30.0 Å². The first-order valence-corrected chi connectivity index (χ1v) is 20.9. The van der Waals surface area contributed by atoms with Gasteiger partial charge in [-0.25, -0.2) is 14.4 Å². The van der Waals surface area contributed by atoms with Gasteiger partial charge in [-0.2, -0.15) is 0 Å². The molecule has 2 saturated carbocycles. The van der Waals surface area contributed by atoms with Crippen molar-refractivity contribution in [1.82, 2.24) is 9.97 Å². The molecule has 1 saturated heterocycles. The van der Waals surface area contributed by atoms with Gasteiger partial charge in [-0.15, -0.1) is 0 Å². The number of fused-ring (bicyclic) bond motifs is 5. The number of hydrogen-bond donors (Lipinski definition) is 1. The van der Waals surface area contributed by atoms with Crippen LogP contribution in [0.2, 0.25) is 0 Å². The fourth-order valence-electron chi connectivity index (χ4n) is 10.1. The summed E-state index contributed by atoms with van der Waals surface area (Å²) in [5.74, 6) is -12.9. The fourth-order valence-corrected chi connectivity index (χ4v) is 10.1. The number of hydrogen-bond acceptors (Lipinski definition) is 21. The molecule has 0 aromatic carbocycles. The highest BCUT2D eigenvalue weighted by molar-refractivity contribution is 5.91.